The number of nitro benzene ring substituents is 1. The normalized spacial score (nSPS) is 10.3. The van der Waals surface area contributed by atoms with Crippen molar-refractivity contribution in [1.82, 2.24) is 0 Å². The van der Waals surface area contributed by atoms with Crippen molar-refractivity contribution in [2.45, 2.75) is 6.61 Å². The third kappa shape index (κ3) is 3.81. The summed E-state index contributed by atoms with van der Waals surface area (Å²) >= 11 is 3.60. The molecule has 6 heteroatoms. The number of nitrogens with zero attached hydrogens (tertiary/aromatic N) is 1. The molecular weight excluding hydrogens is 398 g/mol. The Balaban J connectivity index is 1.87. The van der Waals surface area contributed by atoms with Crippen molar-refractivity contribution in [3.8, 4) is 16.9 Å². The summed E-state index contributed by atoms with van der Waals surface area (Å²) in [5.74, 6) is 0.123. The van der Waals surface area contributed by atoms with Crippen LogP contribution in [0.25, 0.3) is 11.1 Å². The van der Waals surface area contributed by atoms with Gasteiger partial charge in [0.1, 0.15) is 12.9 Å². The fourth-order valence-corrected chi connectivity index (χ4v) is 3.17. The second-order valence-electron chi connectivity index (χ2n) is 5.54. The van der Waals surface area contributed by atoms with Gasteiger partial charge in [0, 0.05) is 21.7 Å². The Hall–Kier alpha value is -2.99. The van der Waals surface area contributed by atoms with Gasteiger partial charge in [0.2, 0.25) is 0 Å². The molecule has 0 atom stereocenters. The summed E-state index contributed by atoms with van der Waals surface area (Å²) < 4.78 is 6.54. The van der Waals surface area contributed by atoms with Gasteiger partial charge in [0.25, 0.3) is 0 Å². The molecule has 3 aromatic rings. The lowest BCUT2D eigenvalue weighted by Crippen LogP contribution is -2.01. The van der Waals surface area contributed by atoms with Crippen molar-refractivity contribution < 1.29 is 14.5 Å². The van der Waals surface area contributed by atoms with E-state index in [9.17, 15) is 14.9 Å². The Bertz CT molecular complexity index is 957. The largest absolute Gasteiger partial charge is 0.482 e. The van der Waals surface area contributed by atoms with Crippen molar-refractivity contribution in [1.29, 1.82) is 0 Å². The van der Waals surface area contributed by atoms with Crippen LogP contribution >= 0.6 is 15.9 Å². The smallest absolute Gasteiger partial charge is 0.311 e. The highest BCUT2D eigenvalue weighted by atomic mass is 79.9. The van der Waals surface area contributed by atoms with Crippen molar-refractivity contribution in [3.05, 3.63) is 92.4 Å². The summed E-state index contributed by atoms with van der Waals surface area (Å²) in [6, 6.07) is 19.8. The highest BCUT2D eigenvalue weighted by Gasteiger charge is 2.17. The van der Waals surface area contributed by atoms with E-state index in [1.165, 1.54) is 18.2 Å². The molecule has 0 radical (unpaired) electrons. The van der Waals surface area contributed by atoms with Crippen LogP contribution in [0.2, 0.25) is 0 Å². The molecule has 3 rings (SSSR count). The summed E-state index contributed by atoms with van der Waals surface area (Å²) in [5, 5.41) is 11.2. The van der Waals surface area contributed by atoms with E-state index in [2.05, 4.69) is 15.9 Å². The van der Waals surface area contributed by atoms with E-state index in [1.807, 2.05) is 48.5 Å². The Kier molecular flexibility index (Phi) is 5.43. The van der Waals surface area contributed by atoms with Crippen LogP contribution < -0.4 is 4.74 Å². The van der Waals surface area contributed by atoms with Crippen molar-refractivity contribution in [3.63, 3.8) is 0 Å². The van der Waals surface area contributed by atoms with Gasteiger partial charge in [-0.05, 0) is 39.2 Å². The van der Waals surface area contributed by atoms with Gasteiger partial charge in [0.15, 0.2) is 5.75 Å². The molecule has 0 saturated heterocycles. The first-order valence-electron chi connectivity index (χ1n) is 7.79. The standard InChI is InChI=1S/C20H14BrNO4/c21-20-16(7-4-8-17(20)15-5-2-1-3-6-15)13-26-19-10-9-14(12-23)11-18(19)22(24)25/h1-12H,13H2. The van der Waals surface area contributed by atoms with Gasteiger partial charge in [-0.2, -0.15) is 0 Å². The summed E-state index contributed by atoms with van der Waals surface area (Å²) in [6.45, 7) is 0.155. The Morgan fingerprint density at radius 3 is 2.50 bits per heavy atom. The summed E-state index contributed by atoms with van der Waals surface area (Å²) in [6.07, 6.45) is 0.566. The molecule has 0 spiro atoms. The van der Waals surface area contributed by atoms with Crippen LogP contribution in [0.5, 0.6) is 5.75 Å². The minimum absolute atomic E-state index is 0.123. The van der Waals surface area contributed by atoms with Crippen LogP contribution in [-0.2, 0) is 6.61 Å². The number of carbonyl (C=O) groups is 1. The van der Waals surface area contributed by atoms with E-state index in [4.69, 9.17) is 4.74 Å². The van der Waals surface area contributed by atoms with E-state index >= 15 is 0 Å². The highest BCUT2D eigenvalue weighted by molar-refractivity contribution is 9.10. The second-order valence-corrected chi connectivity index (χ2v) is 6.33. The molecule has 0 aliphatic rings. The number of ether oxygens (including phenoxy) is 1. The Labute approximate surface area is 158 Å². The molecule has 0 heterocycles. The first kappa shape index (κ1) is 17.8. The molecule has 5 nitrogen and oxygen atoms in total. The van der Waals surface area contributed by atoms with Gasteiger partial charge in [-0.15, -0.1) is 0 Å². The van der Waals surface area contributed by atoms with Crippen LogP contribution in [0, 0.1) is 10.1 Å². The number of hydrogen-bond donors (Lipinski definition) is 0. The van der Waals surface area contributed by atoms with E-state index in [1.54, 1.807) is 0 Å². The predicted molar refractivity (Wildman–Crippen MR) is 102 cm³/mol. The van der Waals surface area contributed by atoms with Gasteiger partial charge in [-0.25, -0.2) is 0 Å². The van der Waals surface area contributed by atoms with Crippen LogP contribution in [0.15, 0.2) is 71.2 Å². The minimum Gasteiger partial charge on any atom is -0.482 e. The number of carbonyl (C=O) groups excluding carboxylic acids is 1. The van der Waals surface area contributed by atoms with Gasteiger partial charge < -0.3 is 4.74 Å². The number of rotatable bonds is 6. The molecule has 0 aliphatic carbocycles. The molecule has 3 aromatic carbocycles. The molecule has 26 heavy (non-hydrogen) atoms. The molecule has 0 fully saturated rings. The zero-order valence-corrected chi connectivity index (χ0v) is 15.2. The average Bonchev–Trinajstić information content (AvgIpc) is 2.67. The molecule has 130 valence electrons. The third-order valence-electron chi connectivity index (χ3n) is 3.86. The highest BCUT2D eigenvalue weighted by Crippen LogP contribution is 2.33. The Morgan fingerprint density at radius 2 is 1.81 bits per heavy atom. The summed E-state index contributed by atoms with van der Waals surface area (Å²) in [5.41, 5.74) is 2.93. The lowest BCUT2D eigenvalue weighted by Gasteiger charge is -2.12. The molecule has 0 unspecified atom stereocenters. The third-order valence-corrected chi connectivity index (χ3v) is 4.80. The second kappa shape index (κ2) is 7.93. The SMILES string of the molecule is O=Cc1ccc(OCc2cccc(-c3ccccc3)c2Br)c([N+](=O)[O-])c1. The number of aldehydes is 1. The summed E-state index contributed by atoms with van der Waals surface area (Å²) in [4.78, 5) is 21.5. The molecule has 0 N–H and O–H groups in total. The van der Waals surface area contributed by atoms with Crippen LogP contribution in [-0.4, -0.2) is 11.2 Å². The first-order valence-corrected chi connectivity index (χ1v) is 8.58. The molecule has 0 saturated carbocycles. The van der Waals surface area contributed by atoms with Crippen molar-refractivity contribution >= 4 is 27.9 Å². The van der Waals surface area contributed by atoms with E-state index < -0.39 is 4.92 Å². The fourth-order valence-electron chi connectivity index (χ4n) is 2.56. The maximum absolute atomic E-state index is 11.2. The van der Waals surface area contributed by atoms with Gasteiger partial charge >= 0.3 is 5.69 Å². The van der Waals surface area contributed by atoms with Gasteiger partial charge in [-0.3, -0.25) is 14.9 Å². The van der Waals surface area contributed by atoms with Crippen LogP contribution in [0.1, 0.15) is 15.9 Å². The van der Waals surface area contributed by atoms with Gasteiger partial charge in [0.05, 0.1) is 4.92 Å². The summed E-state index contributed by atoms with van der Waals surface area (Å²) in [7, 11) is 0. The monoisotopic (exact) mass is 411 g/mol. The molecule has 0 aromatic heterocycles. The fraction of sp³-hybridized carbons (Fsp3) is 0.0500. The van der Waals surface area contributed by atoms with E-state index in [-0.39, 0.29) is 23.6 Å². The predicted octanol–water partition coefficient (Wildman–Crippen LogP) is 5.42. The van der Waals surface area contributed by atoms with Crippen molar-refractivity contribution in [2.24, 2.45) is 0 Å². The van der Waals surface area contributed by atoms with Crippen molar-refractivity contribution in [2.75, 3.05) is 0 Å². The lowest BCUT2D eigenvalue weighted by molar-refractivity contribution is -0.386. The van der Waals surface area contributed by atoms with Crippen LogP contribution in [0.4, 0.5) is 5.69 Å². The zero-order valence-electron chi connectivity index (χ0n) is 13.6. The topological polar surface area (TPSA) is 69.4 Å². The van der Waals surface area contributed by atoms with E-state index in [0.717, 1.165) is 21.2 Å². The number of halogens is 1. The van der Waals surface area contributed by atoms with Crippen LogP contribution in [0.3, 0.4) is 0 Å². The van der Waals surface area contributed by atoms with E-state index in [0.29, 0.717) is 6.29 Å². The molecule has 0 bridgehead atoms. The Morgan fingerprint density at radius 1 is 1.04 bits per heavy atom. The van der Waals surface area contributed by atoms with Gasteiger partial charge in [-0.1, -0.05) is 48.5 Å². The molecule has 0 aliphatic heterocycles. The number of benzene rings is 3. The lowest BCUT2D eigenvalue weighted by atomic mass is 10.0. The first-order chi connectivity index (χ1) is 12.6. The number of hydrogen-bond acceptors (Lipinski definition) is 4. The maximum Gasteiger partial charge on any atom is 0.311 e. The minimum atomic E-state index is -0.558. The molecule has 0 amide bonds. The zero-order chi connectivity index (χ0) is 18.5. The number of nitro groups is 1. The molecular formula is C20H14BrNO4. The maximum atomic E-state index is 11.2. The quantitative estimate of drug-likeness (QED) is 0.308. The average molecular weight is 412 g/mol.